The molecule has 3 aromatic rings. The SMILES string of the molecule is CCc1ccc(OCc2c(C#N)c(C)nn2-c2ccccc2)cc1. The zero-order chi connectivity index (χ0) is 16.9. The first-order valence-corrected chi connectivity index (χ1v) is 7.98. The second-order valence-corrected chi connectivity index (χ2v) is 5.55. The minimum atomic E-state index is 0.296. The van der Waals surface area contributed by atoms with E-state index in [1.807, 2.05) is 49.4 Å². The van der Waals surface area contributed by atoms with Crippen molar-refractivity contribution in [3.63, 3.8) is 0 Å². The Morgan fingerprint density at radius 1 is 1.08 bits per heavy atom. The lowest BCUT2D eigenvalue weighted by molar-refractivity contribution is 0.297. The minimum Gasteiger partial charge on any atom is -0.487 e. The summed E-state index contributed by atoms with van der Waals surface area (Å²) in [7, 11) is 0. The lowest BCUT2D eigenvalue weighted by atomic mass is 10.2. The van der Waals surface area contributed by atoms with Gasteiger partial charge < -0.3 is 4.74 Å². The third-order valence-corrected chi connectivity index (χ3v) is 3.98. The molecule has 0 fully saturated rings. The van der Waals surface area contributed by atoms with Crippen LogP contribution in [0.25, 0.3) is 5.69 Å². The van der Waals surface area contributed by atoms with Crippen LogP contribution in [-0.2, 0) is 13.0 Å². The predicted octanol–water partition coefficient (Wildman–Crippen LogP) is 4.19. The fraction of sp³-hybridized carbons (Fsp3) is 0.200. The number of ether oxygens (including phenoxy) is 1. The second-order valence-electron chi connectivity index (χ2n) is 5.55. The highest BCUT2D eigenvalue weighted by Crippen LogP contribution is 2.21. The first-order chi connectivity index (χ1) is 11.7. The van der Waals surface area contributed by atoms with E-state index >= 15 is 0 Å². The van der Waals surface area contributed by atoms with Gasteiger partial charge in [0.1, 0.15) is 24.0 Å². The van der Waals surface area contributed by atoms with Crippen molar-refractivity contribution in [1.29, 1.82) is 5.26 Å². The van der Waals surface area contributed by atoms with Crippen LogP contribution in [0.3, 0.4) is 0 Å². The van der Waals surface area contributed by atoms with Crippen molar-refractivity contribution in [1.82, 2.24) is 9.78 Å². The molecule has 0 radical (unpaired) electrons. The van der Waals surface area contributed by atoms with Crippen LogP contribution in [0.5, 0.6) is 5.75 Å². The van der Waals surface area contributed by atoms with Crippen molar-refractivity contribution in [2.45, 2.75) is 26.9 Å². The average Bonchev–Trinajstić information content (AvgIpc) is 2.96. The van der Waals surface area contributed by atoms with Gasteiger partial charge in [-0.25, -0.2) is 4.68 Å². The number of hydrogen-bond acceptors (Lipinski definition) is 3. The van der Waals surface area contributed by atoms with E-state index in [-0.39, 0.29) is 0 Å². The maximum atomic E-state index is 9.47. The Balaban J connectivity index is 1.90. The van der Waals surface area contributed by atoms with E-state index < -0.39 is 0 Å². The van der Waals surface area contributed by atoms with Gasteiger partial charge in [0.15, 0.2) is 0 Å². The highest BCUT2D eigenvalue weighted by Gasteiger charge is 2.16. The average molecular weight is 317 g/mol. The number of hydrogen-bond donors (Lipinski definition) is 0. The number of nitriles is 1. The molecule has 0 saturated carbocycles. The van der Waals surface area contributed by atoms with Gasteiger partial charge >= 0.3 is 0 Å². The number of aromatic nitrogens is 2. The summed E-state index contributed by atoms with van der Waals surface area (Å²) in [5, 5.41) is 14.0. The molecule has 0 unspecified atom stereocenters. The smallest absolute Gasteiger partial charge is 0.132 e. The van der Waals surface area contributed by atoms with Crippen LogP contribution in [0.1, 0.15) is 29.4 Å². The van der Waals surface area contributed by atoms with E-state index in [4.69, 9.17) is 4.74 Å². The summed E-state index contributed by atoms with van der Waals surface area (Å²) >= 11 is 0. The first kappa shape index (κ1) is 15.8. The monoisotopic (exact) mass is 317 g/mol. The Morgan fingerprint density at radius 3 is 2.42 bits per heavy atom. The summed E-state index contributed by atoms with van der Waals surface area (Å²) < 4.78 is 7.68. The largest absolute Gasteiger partial charge is 0.487 e. The first-order valence-electron chi connectivity index (χ1n) is 7.98. The Labute approximate surface area is 141 Å². The van der Waals surface area contributed by atoms with E-state index in [0.717, 1.165) is 23.6 Å². The van der Waals surface area contributed by atoms with Crippen molar-refractivity contribution in [2.24, 2.45) is 0 Å². The zero-order valence-electron chi connectivity index (χ0n) is 13.9. The van der Waals surface area contributed by atoms with Gasteiger partial charge in [-0.2, -0.15) is 10.4 Å². The van der Waals surface area contributed by atoms with Crippen LogP contribution in [-0.4, -0.2) is 9.78 Å². The molecule has 0 amide bonds. The molecule has 0 aliphatic carbocycles. The van der Waals surface area contributed by atoms with Gasteiger partial charge in [-0.3, -0.25) is 0 Å². The zero-order valence-corrected chi connectivity index (χ0v) is 13.9. The van der Waals surface area contributed by atoms with Crippen molar-refractivity contribution in [2.75, 3.05) is 0 Å². The van der Waals surface area contributed by atoms with Crippen LogP contribution in [0.15, 0.2) is 54.6 Å². The lowest BCUT2D eigenvalue weighted by Gasteiger charge is -2.10. The topological polar surface area (TPSA) is 50.8 Å². The maximum absolute atomic E-state index is 9.47. The normalized spacial score (nSPS) is 10.4. The van der Waals surface area contributed by atoms with Crippen LogP contribution < -0.4 is 4.74 Å². The molecule has 0 atom stereocenters. The fourth-order valence-corrected chi connectivity index (χ4v) is 2.61. The molecule has 0 saturated heterocycles. The molecule has 24 heavy (non-hydrogen) atoms. The Hall–Kier alpha value is -3.06. The molecule has 0 aliphatic rings. The number of rotatable bonds is 5. The Bertz CT molecular complexity index is 858. The molecule has 0 aliphatic heterocycles. The summed E-state index contributed by atoms with van der Waals surface area (Å²) in [5.41, 5.74) is 4.23. The lowest BCUT2D eigenvalue weighted by Crippen LogP contribution is -2.07. The van der Waals surface area contributed by atoms with Crippen molar-refractivity contribution in [3.05, 3.63) is 77.1 Å². The quantitative estimate of drug-likeness (QED) is 0.709. The van der Waals surface area contributed by atoms with Crippen molar-refractivity contribution in [3.8, 4) is 17.5 Å². The summed E-state index contributed by atoms with van der Waals surface area (Å²) in [4.78, 5) is 0. The molecular weight excluding hydrogens is 298 g/mol. The van der Waals surface area contributed by atoms with E-state index in [1.54, 1.807) is 4.68 Å². The number of nitrogens with zero attached hydrogens (tertiary/aromatic N) is 3. The highest BCUT2D eigenvalue weighted by molar-refractivity contribution is 5.43. The molecular formula is C20H19N3O. The molecule has 4 heteroatoms. The molecule has 2 aromatic carbocycles. The molecule has 0 bridgehead atoms. The van der Waals surface area contributed by atoms with E-state index in [1.165, 1.54) is 5.56 Å². The molecule has 0 N–H and O–H groups in total. The van der Waals surface area contributed by atoms with Crippen molar-refractivity contribution >= 4 is 0 Å². The standard InChI is InChI=1S/C20H19N3O/c1-3-16-9-11-18(12-10-16)24-14-20-19(13-21)15(2)22-23(20)17-7-5-4-6-8-17/h4-12H,3,14H2,1-2H3. The fourth-order valence-electron chi connectivity index (χ4n) is 2.61. The van der Waals surface area contributed by atoms with E-state index in [0.29, 0.717) is 17.9 Å². The Kier molecular flexibility index (Phi) is 4.62. The second kappa shape index (κ2) is 7.01. The Morgan fingerprint density at radius 2 is 1.79 bits per heavy atom. The van der Waals surface area contributed by atoms with Gasteiger partial charge in [0.25, 0.3) is 0 Å². The van der Waals surface area contributed by atoms with Gasteiger partial charge in [0.2, 0.25) is 0 Å². The van der Waals surface area contributed by atoms with Gasteiger partial charge in [-0.05, 0) is 43.2 Å². The summed E-state index contributed by atoms with van der Waals surface area (Å²) in [6.45, 7) is 4.26. The molecule has 4 nitrogen and oxygen atoms in total. The summed E-state index contributed by atoms with van der Waals surface area (Å²) in [5.74, 6) is 0.787. The predicted molar refractivity (Wildman–Crippen MR) is 93.2 cm³/mol. The van der Waals surface area contributed by atoms with E-state index in [9.17, 15) is 5.26 Å². The molecule has 0 spiro atoms. The third kappa shape index (κ3) is 3.16. The number of benzene rings is 2. The summed E-state index contributed by atoms with van der Waals surface area (Å²) in [6, 6.07) is 20.1. The van der Waals surface area contributed by atoms with Crippen LogP contribution in [0.2, 0.25) is 0 Å². The van der Waals surface area contributed by atoms with Crippen LogP contribution >= 0.6 is 0 Å². The van der Waals surface area contributed by atoms with Gasteiger partial charge in [-0.15, -0.1) is 0 Å². The molecule has 120 valence electrons. The maximum Gasteiger partial charge on any atom is 0.132 e. The highest BCUT2D eigenvalue weighted by atomic mass is 16.5. The van der Waals surface area contributed by atoms with Gasteiger partial charge in [0.05, 0.1) is 17.1 Å². The number of aryl methyl sites for hydroxylation is 2. The molecule has 1 heterocycles. The molecule has 3 rings (SSSR count). The van der Waals surface area contributed by atoms with Crippen LogP contribution in [0.4, 0.5) is 0 Å². The van der Waals surface area contributed by atoms with Gasteiger partial charge in [0, 0.05) is 0 Å². The van der Waals surface area contributed by atoms with E-state index in [2.05, 4.69) is 30.2 Å². The minimum absolute atomic E-state index is 0.296. The third-order valence-electron chi connectivity index (χ3n) is 3.98. The van der Waals surface area contributed by atoms with Crippen LogP contribution in [0, 0.1) is 18.3 Å². The molecule has 1 aromatic heterocycles. The number of para-hydroxylation sites is 1. The van der Waals surface area contributed by atoms with Gasteiger partial charge in [-0.1, -0.05) is 37.3 Å². The summed E-state index contributed by atoms with van der Waals surface area (Å²) in [6.07, 6.45) is 0.999. The van der Waals surface area contributed by atoms with Crippen molar-refractivity contribution < 1.29 is 4.74 Å².